The standard InChI is InChI=1S/C24H21ClF3NO2/c1-23(2)12-19-22(20(30)13-23)18(14-5-3-7-16(25)9-14)11-21(31)29(19)17-8-4-6-15(10-17)24(26,27)28/h3-10,18H,11-13H2,1-2H3. The van der Waals surface area contributed by atoms with E-state index in [4.69, 9.17) is 11.6 Å². The third-order valence-corrected chi connectivity index (χ3v) is 6.06. The molecule has 1 atom stereocenters. The molecule has 1 aliphatic heterocycles. The molecule has 1 unspecified atom stereocenters. The number of hydrogen-bond donors (Lipinski definition) is 0. The molecule has 0 spiro atoms. The molecule has 0 bridgehead atoms. The maximum Gasteiger partial charge on any atom is 0.416 e. The smallest absolute Gasteiger partial charge is 0.294 e. The summed E-state index contributed by atoms with van der Waals surface area (Å²) in [5.74, 6) is -0.888. The Balaban J connectivity index is 1.90. The molecule has 0 fully saturated rings. The van der Waals surface area contributed by atoms with Gasteiger partial charge in [-0.15, -0.1) is 0 Å². The second-order valence-corrected chi connectivity index (χ2v) is 9.33. The van der Waals surface area contributed by atoms with Crippen molar-refractivity contribution in [2.75, 3.05) is 4.90 Å². The number of Topliss-reactive ketones (excluding diaryl/α,β-unsaturated/α-hetero) is 1. The Morgan fingerprint density at radius 3 is 2.42 bits per heavy atom. The predicted octanol–water partition coefficient (Wildman–Crippen LogP) is 6.52. The zero-order chi connectivity index (χ0) is 22.6. The van der Waals surface area contributed by atoms with E-state index in [0.29, 0.717) is 29.1 Å². The van der Waals surface area contributed by atoms with Crippen LogP contribution in [0.5, 0.6) is 0 Å². The minimum absolute atomic E-state index is 0.0123. The fourth-order valence-corrected chi connectivity index (χ4v) is 4.74. The van der Waals surface area contributed by atoms with E-state index < -0.39 is 23.1 Å². The molecule has 1 heterocycles. The maximum atomic E-state index is 13.3. The SMILES string of the molecule is CC1(C)CC(=O)C2=C(C1)N(c1cccc(C(F)(F)F)c1)C(=O)CC2c1cccc(Cl)c1. The van der Waals surface area contributed by atoms with E-state index >= 15 is 0 Å². The Bertz CT molecular complexity index is 1100. The van der Waals surface area contributed by atoms with E-state index in [0.717, 1.165) is 17.7 Å². The van der Waals surface area contributed by atoms with Crippen LogP contribution in [-0.2, 0) is 15.8 Å². The Morgan fingerprint density at radius 1 is 1.03 bits per heavy atom. The van der Waals surface area contributed by atoms with Gasteiger partial charge in [0.15, 0.2) is 5.78 Å². The van der Waals surface area contributed by atoms with Crippen LogP contribution >= 0.6 is 11.6 Å². The van der Waals surface area contributed by atoms with Crippen LogP contribution in [0.15, 0.2) is 59.8 Å². The van der Waals surface area contributed by atoms with Gasteiger partial charge in [-0.2, -0.15) is 13.2 Å². The molecule has 2 aliphatic rings. The highest BCUT2D eigenvalue weighted by molar-refractivity contribution is 6.30. The first-order valence-corrected chi connectivity index (χ1v) is 10.4. The number of amides is 1. The highest BCUT2D eigenvalue weighted by atomic mass is 35.5. The van der Waals surface area contributed by atoms with E-state index in [2.05, 4.69) is 0 Å². The fourth-order valence-electron chi connectivity index (χ4n) is 4.54. The van der Waals surface area contributed by atoms with Gasteiger partial charge in [0.1, 0.15) is 0 Å². The van der Waals surface area contributed by atoms with Gasteiger partial charge in [0.2, 0.25) is 5.91 Å². The largest absolute Gasteiger partial charge is 0.416 e. The molecule has 4 rings (SSSR count). The number of hydrogen-bond acceptors (Lipinski definition) is 2. The molecule has 7 heteroatoms. The zero-order valence-electron chi connectivity index (χ0n) is 17.1. The quantitative estimate of drug-likeness (QED) is 0.525. The molecule has 0 aromatic heterocycles. The molecule has 2 aromatic rings. The number of halogens is 4. The number of carbonyl (C=O) groups excluding carboxylic acids is 2. The molecule has 162 valence electrons. The summed E-state index contributed by atoms with van der Waals surface area (Å²) in [6, 6.07) is 11.7. The van der Waals surface area contributed by atoms with Crippen molar-refractivity contribution in [3.8, 4) is 0 Å². The average Bonchev–Trinajstić information content (AvgIpc) is 2.65. The lowest BCUT2D eigenvalue weighted by atomic mass is 9.69. The number of ketones is 1. The van der Waals surface area contributed by atoms with Gasteiger partial charge in [-0.25, -0.2) is 0 Å². The van der Waals surface area contributed by atoms with Gasteiger partial charge >= 0.3 is 6.18 Å². The molecule has 1 amide bonds. The van der Waals surface area contributed by atoms with E-state index in [9.17, 15) is 22.8 Å². The first-order valence-electron chi connectivity index (χ1n) is 9.98. The lowest BCUT2D eigenvalue weighted by Crippen LogP contribution is -2.43. The highest BCUT2D eigenvalue weighted by Crippen LogP contribution is 2.48. The summed E-state index contributed by atoms with van der Waals surface area (Å²) in [4.78, 5) is 27.8. The van der Waals surface area contributed by atoms with Crippen LogP contribution in [0.3, 0.4) is 0 Å². The minimum Gasteiger partial charge on any atom is -0.294 e. The number of carbonyl (C=O) groups is 2. The van der Waals surface area contributed by atoms with Gasteiger partial charge in [-0.1, -0.05) is 43.6 Å². The number of allylic oxidation sites excluding steroid dienone is 2. The molecule has 2 aromatic carbocycles. The maximum absolute atomic E-state index is 13.3. The average molecular weight is 448 g/mol. The van der Waals surface area contributed by atoms with E-state index in [1.807, 2.05) is 19.9 Å². The predicted molar refractivity (Wildman–Crippen MR) is 113 cm³/mol. The number of benzene rings is 2. The van der Waals surface area contributed by atoms with Gasteiger partial charge in [0, 0.05) is 40.7 Å². The molecular weight excluding hydrogens is 427 g/mol. The van der Waals surface area contributed by atoms with Crippen LogP contribution in [0.25, 0.3) is 0 Å². The molecule has 1 aliphatic carbocycles. The topological polar surface area (TPSA) is 37.4 Å². The molecule has 0 saturated carbocycles. The summed E-state index contributed by atoms with van der Waals surface area (Å²) in [6.45, 7) is 3.85. The van der Waals surface area contributed by atoms with Crippen LogP contribution in [-0.4, -0.2) is 11.7 Å². The van der Waals surface area contributed by atoms with Crippen LogP contribution in [0, 0.1) is 5.41 Å². The van der Waals surface area contributed by atoms with E-state index in [-0.39, 0.29) is 23.8 Å². The van der Waals surface area contributed by atoms with Crippen LogP contribution in [0.1, 0.15) is 50.2 Å². The van der Waals surface area contributed by atoms with Crippen molar-refractivity contribution in [1.29, 1.82) is 0 Å². The molecule has 3 nitrogen and oxygen atoms in total. The van der Waals surface area contributed by atoms with Gasteiger partial charge < -0.3 is 0 Å². The van der Waals surface area contributed by atoms with Crippen LogP contribution in [0.4, 0.5) is 18.9 Å². The minimum atomic E-state index is -4.53. The molecule has 31 heavy (non-hydrogen) atoms. The first kappa shape index (κ1) is 21.6. The number of nitrogens with zero attached hydrogens (tertiary/aromatic N) is 1. The second-order valence-electron chi connectivity index (χ2n) is 8.89. The Kier molecular flexibility index (Phi) is 5.24. The van der Waals surface area contributed by atoms with Crippen molar-refractivity contribution in [3.05, 3.63) is 76.0 Å². The molecule has 0 radical (unpaired) electrons. The summed E-state index contributed by atoms with van der Waals surface area (Å²) in [7, 11) is 0. The van der Waals surface area contributed by atoms with E-state index in [1.54, 1.807) is 18.2 Å². The Hall–Kier alpha value is -2.60. The van der Waals surface area contributed by atoms with Crippen molar-refractivity contribution >= 4 is 29.0 Å². The van der Waals surface area contributed by atoms with Gasteiger partial charge in [0.05, 0.1) is 5.56 Å². The third-order valence-electron chi connectivity index (χ3n) is 5.83. The third kappa shape index (κ3) is 4.13. The first-order chi connectivity index (χ1) is 14.5. The van der Waals surface area contributed by atoms with Gasteiger partial charge in [0.25, 0.3) is 0 Å². The van der Waals surface area contributed by atoms with Crippen molar-refractivity contribution in [2.45, 2.75) is 45.2 Å². The van der Waals surface area contributed by atoms with Crippen molar-refractivity contribution < 1.29 is 22.8 Å². The summed E-state index contributed by atoms with van der Waals surface area (Å²) in [5.41, 5.74) is 0.623. The summed E-state index contributed by atoms with van der Waals surface area (Å²) < 4.78 is 39.9. The van der Waals surface area contributed by atoms with Crippen molar-refractivity contribution in [3.63, 3.8) is 0 Å². The Morgan fingerprint density at radius 2 is 1.74 bits per heavy atom. The van der Waals surface area contributed by atoms with Gasteiger partial charge in [-0.3, -0.25) is 14.5 Å². The van der Waals surface area contributed by atoms with Crippen LogP contribution < -0.4 is 4.90 Å². The summed E-state index contributed by atoms with van der Waals surface area (Å²) in [5, 5.41) is 0.496. The Labute approximate surface area is 183 Å². The zero-order valence-corrected chi connectivity index (χ0v) is 17.8. The lowest BCUT2D eigenvalue weighted by Gasteiger charge is -2.43. The van der Waals surface area contributed by atoms with Crippen LogP contribution in [0.2, 0.25) is 5.02 Å². The molecule has 0 N–H and O–H groups in total. The highest BCUT2D eigenvalue weighted by Gasteiger charge is 2.44. The van der Waals surface area contributed by atoms with Gasteiger partial charge in [-0.05, 0) is 47.7 Å². The van der Waals surface area contributed by atoms with Crippen molar-refractivity contribution in [1.82, 2.24) is 0 Å². The molecule has 0 saturated heterocycles. The van der Waals surface area contributed by atoms with E-state index in [1.165, 1.54) is 17.0 Å². The normalized spacial score (nSPS) is 21.4. The lowest BCUT2D eigenvalue weighted by molar-refractivity contribution is -0.137. The monoisotopic (exact) mass is 447 g/mol. The summed E-state index contributed by atoms with van der Waals surface area (Å²) in [6.07, 6.45) is -3.82. The number of alkyl halides is 3. The number of anilines is 1. The second kappa shape index (κ2) is 7.52. The fraction of sp³-hybridized carbons (Fsp3) is 0.333. The number of rotatable bonds is 2. The molecular formula is C24H21ClF3NO2. The summed E-state index contributed by atoms with van der Waals surface area (Å²) >= 11 is 6.14. The van der Waals surface area contributed by atoms with Crippen molar-refractivity contribution in [2.24, 2.45) is 5.41 Å².